The number of aromatic nitrogens is 2. The molecule has 15 heavy (non-hydrogen) atoms. The quantitative estimate of drug-likeness (QED) is 0.785. The lowest BCUT2D eigenvalue weighted by Gasteiger charge is -2.23. The molecule has 4 heteroatoms. The van der Waals surface area contributed by atoms with E-state index in [1.807, 2.05) is 0 Å². The van der Waals surface area contributed by atoms with Gasteiger partial charge in [0.15, 0.2) is 0 Å². The highest BCUT2D eigenvalue weighted by Crippen LogP contribution is 2.34. The molecule has 1 unspecified atom stereocenters. The molecule has 1 fully saturated rings. The van der Waals surface area contributed by atoms with Gasteiger partial charge in [0.25, 0.3) is 0 Å². The molecule has 0 aliphatic carbocycles. The van der Waals surface area contributed by atoms with Crippen molar-refractivity contribution in [3.8, 4) is 0 Å². The number of nitrogens with zero attached hydrogens (tertiary/aromatic N) is 1. The van der Waals surface area contributed by atoms with Crippen molar-refractivity contribution in [2.24, 2.45) is 0 Å². The van der Waals surface area contributed by atoms with Crippen LogP contribution in [0, 0.1) is 0 Å². The molecule has 4 nitrogen and oxygen atoms in total. The predicted octanol–water partition coefficient (Wildman–Crippen LogP) is 2.36. The van der Waals surface area contributed by atoms with Crippen LogP contribution in [0.1, 0.15) is 56.4 Å². The Morgan fingerprint density at radius 1 is 1.47 bits per heavy atom. The summed E-state index contributed by atoms with van der Waals surface area (Å²) in [5.41, 5.74) is 8.06. The second kappa shape index (κ2) is 4.23. The fourth-order valence-electron chi connectivity index (χ4n) is 2.20. The minimum atomic E-state index is 0.168. The monoisotopic (exact) mass is 209 g/mol. The molecule has 0 amide bonds. The first-order valence-corrected chi connectivity index (χ1v) is 5.65. The van der Waals surface area contributed by atoms with E-state index in [0.717, 1.165) is 30.7 Å². The Morgan fingerprint density at radius 3 is 2.87 bits per heavy atom. The van der Waals surface area contributed by atoms with Gasteiger partial charge in [-0.2, -0.15) is 5.10 Å². The van der Waals surface area contributed by atoms with Crippen LogP contribution >= 0.6 is 0 Å². The summed E-state index contributed by atoms with van der Waals surface area (Å²) < 4.78 is 5.74. The smallest absolute Gasteiger partial charge is 0.149 e. The summed E-state index contributed by atoms with van der Waals surface area (Å²) in [4.78, 5) is 0. The molecular weight excluding hydrogens is 190 g/mol. The highest BCUT2D eigenvalue weighted by molar-refractivity contribution is 5.45. The number of hydrogen-bond acceptors (Lipinski definition) is 3. The zero-order valence-corrected chi connectivity index (χ0v) is 9.42. The van der Waals surface area contributed by atoms with Crippen molar-refractivity contribution in [2.75, 3.05) is 12.3 Å². The van der Waals surface area contributed by atoms with Crippen molar-refractivity contribution in [2.45, 2.75) is 45.1 Å². The lowest BCUT2D eigenvalue weighted by atomic mass is 9.97. The van der Waals surface area contributed by atoms with Gasteiger partial charge in [-0.05, 0) is 25.2 Å². The summed E-state index contributed by atoms with van der Waals surface area (Å²) in [6.07, 6.45) is 3.63. The number of anilines is 1. The SMILES string of the molecule is CC(C)c1c(N)n[nH]c1C1CCCCO1. The summed E-state index contributed by atoms with van der Waals surface area (Å²) in [6, 6.07) is 0. The molecule has 84 valence electrons. The second-order valence-corrected chi connectivity index (χ2v) is 4.45. The average Bonchev–Trinajstić information content (AvgIpc) is 2.61. The molecular formula is C11H19N3O. The third kappa shape index (κ3) is 2.00. The number of hydrogen-bond donors (Lipinski definition) is 2. The van der Waals surface area contributed by atoms with Crippen molar-refractivity contribution in [1.29, 1.82) is 0 Å². The molecule has 1 atom stereocenters. The molecule has 2 rings (SSSR count). The minimum Gasteiger partial charge on any atom is -0.382 e. The largest absolute Gasteiger partial charge is 0.382 e. The van der Waals surface area contributed by atoms with E-state index in [1.165, 1.54) is 6.42 Å². The van der Waals surface area contributed by atoms with Crippen LogP contribution in [0.15, 0.2) is 0 Å². The highest BCUT2D eigenvalue weighted by Gasteiger charge is 2.24. The van der Waals surface area contributed by atoms with Gasteiger partial charge in [-0.15, -0.1) is 0 Å². The summed E-state index contributed by atoms with van der Waals surface area (Å²) in [5.74, 6) is 1.01. The van der Waals surface area contributed by atoms with E-state index in [4.69, 9.17) is 10.5 Å². The van der Waals surface area contributed by atoms with Crippen LogP contribution in [0.5, 0.6) is 0 Å². The van der Waals surface area contributed by atoms with Gasteiger partial charge in [0.05, 0.1) is 11.8 Å². The van der Waals surface area contributed by atoms with E-state index in [9.17, 15) is 0 Å². The molecule has 1 saturated heterocycles. The molecule has 1 aliphatic heterocycles. The average molecular weight is 209 g/mol. The van der Waals surface area contributed by atoms with Crippen molar-refractivity contribution in [3.05, 3.63) is 11.3 Å². The Bertz CT molecular complexity index is 327. The standard InChI is InChI=1S/C11H19N3O/c1-7(2)9-10(13-14-11(9)12)8-5-3-4-6-15-8/h7-8H,3-6H2,1-2H3,(H3,12,13,14). The van der Waals surface area contributed by atoms with Crippen LogP contribution in [0.3, 0.4) is 0 Å². The predicted molar refractivity (Wildman–Crippen MR) is 59.6 cm³/mol. The van der Waals surface area contributed by atoms with Gasteiger partial charge in [0, 0.05) is 12.2 Å². The van der Waals surface area contributed by atoms with Crippen LogP contribution in [0.2, 0.25) is 0 Å². The summed E-state index contributed by atoms with van der Waals surface area (Å²) >= 11 is 0. The molecule has 1 aromatic heterocycles. The first-order valence-electron chi connectivity index (χ1n) is 5.65. The van der Waals surface area contributed by atoms with Crippen molar-refractivity contribution in [3.63, 3.8) is 0 Å². The number of ether oxygens (including phenoxy) is 1. The van der Waals surface area contributed by atoms with Gasteiger partial charge in [-0.25, -0.2) is 0 Å². The van der Waals surface area contributed by atoms with Gasteiger partial charge < -0.3 is 10.5 Å². The lowest BCUT2D eigenvalue weighted by Crippen LogP contribution is -2.14. The highest BCUT2D eigenvalue weighted by atomic mass is 16.5. The molecule has 1 aliphatic rings. The van der Waals surface area contributed by atoms with Gasteiger partial charge >= 0.3 is 0 Å². The summed E-state index contributed by atoms with van der Waals surface area (Å²) in [5, 5.41) is 7.11. The normalized spacial score (nSPS) is 22.2. The van der Waals surface area contributed by atoms with Gasteiger partial charge in [-0.3, -0.25) is 5.10 Å². The molecule has 1 aromatic rings. The van der Waals surface area contributed by atoms with Crippen molar-refractivity contribution in [1.82, 2.24) is 10.2 Å². The third-order valence-corrected chi connectivity index (χ3v) is 2.94. The van der Waals surface area contributed by atoms with E-state index in [-0.39, 0.29) is 6.10 Å². The molecule has 0 radical (unpaired) electrons. The van der Waals surface area contributed by atoms with E-state index in [2.05, 4.69) is 24.0 Å². The fourth-order valence-corrected chi connectivity index (χ4v) is 2.20. The number of nitrogens with one attached hydrogen (secondary N) is 1. The lowest BCUT2D eigenvalue weighted by molar-refractivity contribution is 0.0116. The maximum absolute atomic E-state index is 5.85. The molecule has 0 bridgehead atoms. The Hall–Kier alpha value is -1.03. The van der Waals surface area contributed by atoms with E-state index < -0.39 is 0 Å². The number of aromatic amines is 1. The Balaban J connectivity index is 2.26. The fraction of sp³-hybridized carbons (Fsp3) is 0.727. The molecule has 0 saturated carbocycles. The van der Waals surface area contributed by atoms with Gasteiger partial charge in [-0.1, -0.05) is 13.8 Å². The van der Waals surface area contributed by atoms with Crippen LogP contribution in [-0.4, -0.2) is 16.8 Å². The molecule has 2 heterocycles. The van der Waals surface area contributed by atoms with E-state index in [0.29, 0.717) is 11.7 Å². The zero-order valence-electron chi connectivity index (χ0n) is 9.42. The molecule has 0 spiro atoms. The first kappa shape index (κ1) is 10.5. The van der Waals surface area contributed by atoms with Crippen LogP contribution in [-0.2, 0) is 4.74 Å². The Morgan fingerprint density at radius 2 is 2.27 bits per heavy atom. The van der Waals surface area contributed by atoms with Crippen LogP contribution in [0.4, 0.5) is 5.82 Å². The van der Waals surface area contributed by atoms with Crippen LogP contribution in [0.25, 0.3) is 0 Å². The summed E-state index contributed by atoms with van der Waals surface area (Å²) in [7, 11) is 0. The van der Waals surface area contributed by atoms with Gasteiger partial charge in [0.1, 0.15) is 5.82 Å². The van der Waals surface area contributed by atoms with Gasteiger partial charge in [0.2, 0.25) is 0 Å². The van der Waals surface area contributed by atoms with E-state index >= 15 is 0 Å². The second-order valence-electron chi connectivity index (χ2n) is 4.45. The first-order chi connectivity index (χ1) is 7.20. The number of H-pyrrole nitrogens is 1. The number of rotatable bonds is 2. The topological polar surface area (TPSA) is 63.9 Å². The van der Waals surface area contributed by atoms with E-state index in [1.54, 1.807) is 0 Å². The van der Waals surface area contributed by atoms with Crippen molar-refractivity contribution >= 4 is 5.82 Å². The maximum Gasteiger partial charge on any atom is 0.149 e. The third-order valence-electron chi connectivity index (χ3n) is 2.94. The number of nitrogen functional groups attached to an aromatic ring is 1. The summed E-state index contributed by atoms with van der Waals surface area (Å²) in [6.45, 7) is 5.11. The van der Waals surface area contributed by atoms with Crippen molar-refractivity contribution < 1.29 is 4.74 Å². The maximum atomic E-state index is 5.85. The zero-order chi connectivity index (χ0) is 10.8. The Kier molecular flexibility index (Phi) is 2.95. The Labute approximate surface area is 90.2 Å². The molecule has 0 aromatic carbocycles. The number of nitrogens with two attached hydrogens (primary N) is 1. The molecule has 3 N–H and O–H groups in total. The minimum absolute atomic E-state index is 0.168. The van der Waals surface area contributed by atoms with Crippen LogP contribution < -0.4 is 5.73 Å².